The first kappa shape index (κ1) is 15.3. The lowest BCUT2D eigenvalue weighted by Gasteiger charge is -2.15. The number of carbonyl (C=O) groups excluding carboxylic acids is 1. The Morgan fingerprint density at radius 3 is 2.68 bits per heavy atom. The summed E-state index contributed by atoms with van der Waals surface area (Å²) in [4.78, 5) is 23.0. The van der Waals surface area contributed by atoms with E-state index >= 15 is 0 Å². The van der Waals surface area contributed by atoms with Crippen molar-refractivity contribution in [3.63, 3.8) is 0 Å². The van der Waals surface area contributed by atoms with E-state index in [1.54, 1.807) is 6.07 Å². The topological polar surface area (TPSA) is 75.6 Å². The highest BCUT2D eigenvalue weighted by Gasteiger charge is 2.21. The van der Waals surface area contributed by atoms with Crippen molar-refractivity contribution in [3.8, 4) is 5.75 Å². The molecule has 104 valence electrons. The van der Waals surface area contributed by atoms with Crippen LogP contribution in [0.3, 0.4) is 0 Å². The van der Waals surface area contributed by atoms with Crippen LogP contribution >= 0.6 is 11.6 Å². The van der Waals surface area contributed by atoms with Gasteiger partial charge in [0.1, 0.15) is 11.8 Å². The summed E-state index contributed by atoms with van der Waals surface area (Å²) in [7, 11) is 1.42. The predicted octanol–water partition coefficient (Wildman–Crippen LogP) is 2.33. The maximum atomic E-state index is 12.0. The summed E-state index contributed by atoms with van der Waals surface area (Å²) in [6.45, 7) is 1.85. The number of rotatable bonds is 6. The van der Waals surface area contributed by atoms with Crippen molar-refractivity contribution in [2.45, 2.75) is 25.8 Å². The predicted molar refractivity (Wildman–Crippen MR) is 71.8 cm³/mol. The van der Waals surface area contributed by atoms with Gasteiger partial charge in [-0.15, -0.1) is 0 Å². The number of halogens is 1. The second-order valence-corrected chi connectivity index (χ2v) is 4.43. The SMILES string of the molecule is CCC[C@@H](NC(=O)c1ccc(Cl)cc1OC)C(=O)O. The van der Waals surface area contributed by atoms with Gasteiger partial charge in [0.05, 0.1) is 12.7 Å². The minimum Gasteiger partial charge on any atom is -0.496 e. The largest absolute Gasteiger partial charge is 0.496 e. The maximum Gasteiger partial charge on any atom is 0.326 e. The summed E-state index contributed by atoms with van der Waals surface area (Å²) >= 11 is 5.80. The molecule has 0 aromatic heterocycles. The first-order valence-corrected chi connectivity index (χ1v) is 6.24. The second-order valence-electron chi connectivity index (χ2n) is 4.00. The first-order valence-electron chi connectivity index (χ1n) is 5.86. The van der Waals surface area contributed by atoms with Gasteiger partial charge in [-0.25, -0.2) is 4.79 Å². The van der Waals surface area contributed by atoms with Gasteiger partial charge in [-0.2, -0.15) is 0 Å². The zero-order valence-electron chi connectivity index (χ0n) is 10.8. The molecule has 1 amide bonds. The van der Waals surface area contributed by atoms with Crippen LogP contribution in [0.5, 0.6) is 5.75 Å². The number of carboxylic acids is 1. The zero-order chi connectivity index (χ0) is 14.4. The summed E-state index contributed by atoms with van der Waals surface area (Å²) < 4.78 is 5.06. The molecule has 0 saturated heterocycles. The Kier molecular flexibility index (Phi) is 5.63. The third-order valence-electron chi connectivity index (χ3n) is 2.59. The monoisotopic (exact) mass is 285 g/mol. The highest BCUT2D eigenvalue weighted by atomic mass is 35.5. The molecule has 0 bridgehead atoms. The van der Waals surface area contributed by atoms with Gasteiger partial charge in [0.2, 0.25) is 0 Å². The van der Waals surface area contributed by atoms with E-state index < -0.39 is 17.9 Å². The normalized spacial score (nSPS) is 11.7. The lowest BCUT2D eigenvalue weighted by atomic mass is 10.1. The number of aliphatic carboxylic acids is 1. The molecule has 0 aliphatic heterocycles. The summed E-state index contributed by atoms with van der Waals surface area (Å²) in [6.07, 6.45) is 1.03. The first-order chi connectivity index (χ1) is 8.99. The standard InChI is InChI=1S/C13H16ClNO4/c1-3-4-10(13(17)18)15-12(16)9-6-5-8(14)7-11(9)19-2/h5-7,10H,3-4H2,1-2H3,(H,15,16)(H,17,18)/t10-/m1/s1. The van der Waals surface area contributed by atoms with E-state index in [-0.39, 0.29) is 5.56 Å². The number of amides is 1. The minimum atomic E-state index is -1.05. The molecule has 0 unspecified atom stereocenters. The average molecular weight is 286 g/mol. The van der Waals surface area contributed by atoms with E-state index in [1.165, 1.54) is 19.2 Å². The number of ether oxygens (including phenoxy) is 1. The zero-order valence-corrected chi connectivity index (χ0v) is 11.5. The van der Waals surface area contributed by atoms with Crippen LogP contribution in [0.1, 0.15) is 30.1 Å². The van der Waals surface area contributed by atoms with Crippen molar-refractivity contribution in [3.05, 3.63) is 28.8 Å². The third-order valence-corrected chi connectivity index (χ3v) is 2.82. The fourth-order valence-corrected chi connectivity index (χ4v) is 1.80. The molecular weight excluding hydrogens is 270 g/mol. The van der Waals surface area contributed by atoms with Crippen LogP contribution in [0.2, 0.25) is 5.02 Å². The Morgan fingerprint density at radius 1 is 1.47 bits per heavy atom. The summed E-state index contributed by atoms with van der Waals surface area (Å²) in [6, 6.07) is 3.65. The lowest BCUT2D eigenvalue weighted by Crippen LogP contribution is -2.40. The number of hydrogen-bond acceptors (Lipinski definition) is 3. The van der Waals surface area contributed by atoms with Gasteiger partial charge in [0.15, 0.2) is 0 Å². The number of benzene rings is 1. The Hall–Kier alpha value is -1.75. The minimum absolute atomic E-state index is 0.259. The smallest absolute Gasteiger partial charge is 0.326 e. The van der Waals surface area contributed by atoms with Crippen LogP contribution in [0.15, 0.2) is 18.2 Å². The van der Waals surface area contributed by atoms with Gasteiger partial charge in [0, 0.05) is 5.02 Å². The molecule has 1 aromatic rings. The van der Waals surface area contributed by atoms with Gasteiger partial charge in [-0.1, -0.05) is 24.9 Å². The maximum absolute atomic E-state index is 12.0. The van der Waals surface area contributed by atoms with E-state index in [2.05, 4.69) is 5.32 Å². The number of carbonyl (C=O) groups is 2. The summed E-state index contributed by atoms with van der Waals surface area (Å²) in [5.74, 6) is -1.23. The van der Waals surface area contributed by atoms with Crippen molar-refractivity contribution in [2.75, 3.05) is 7.11 Å². The molecule has 2 N–H and O–H groups in total. The summed E-state index contributed by atoms with van der Waals surface area (Å²) in [5, 5.41) is 11.9. The molecule has 0 spiro atoms. The molecule has 19 heavy (non-hydrogen) atoms. The highest BCUT2D eigenvalue weighted by Crippen LogP contribution is 2.23. The van der Waals surface area contributed by atoms with Crippen LogP contribution in [-0.2, 0) is 4.79 Å². The van der Waals surface area contributed by atoms with Gasteiger partial charge in [-0.3, -0.25) is 4.79 Å². The number of carboxylic acid groups (broad SMARTS) is 1. The molecule has 0 saturated carbocycles. The molecule has 0 heterocycles. The van der Waals surface area contributed by atoms with Crippen molar-refractivity contribution < 1.29 is 19.4 Å². The van der Waals surface area contributed by atoms with Crippen molar-refractivity contribution in [2.24, 2.45) is 0 Å². The average Bonchev–Trinajstić information content (AvgIpc) is 2.37. The van der Waals surface area contributed by atoms with Crippen molar-refractivity contribution in [1.29, 1.82) is 0 Å². The second kappa shape index (κ2) is 6.99. The molecule has 0 aliphatic carbocycles. The molecule has 1 rings (SSSR count). The van der Waals surface area contributed by atoms with Gasteiger partial charge >= 0.3 is 5.97 Å². The summed E-state index contributed by atoms with van der Waals surface area (Å²) in [5.41, 5.74) is 0.259. The molecule has 1 aromatic carbocycles. The van der Waals surface area contributed by atoms with Crippen molar-refractivity contribution >= 4 is 23.5 Å². The van der Waals surface area contributed by atoms with E-state index in [0.717, 1.165) is 0 Å². The van der Waals surface area contributed by atoms with E-state index in [4.69, 9.17) is 21.4 Å². The molecule has 0 radical (unpaired) electrons. The van der Waals surface area contributed by atoms with Crippen LogP contribution in [0, 0.1) is 0 Å². The fraction of sp³-hybridized carbons (Fsp3) is 0.385. The van der Waals surface area contributed by atoms with Gasteiger partial charge < -0.3 is 15.2 Å². The van der Waals surface area contributed by atoms with Gasteiger partial charge in [0.25, 0.3) is 5.91 Å². The Bertz CT molecular complexity index is 476. The van der Waals surface area contributed by atoms with E-state index in [1.807, 2.05) is 6.92 Å². The Labute approximate surface area is 116 Å². The molecule has 1 atom stereocenters. The van der Waals surface area contributed by atoms with Gasteiger partial charge in [-0.05, 0) is 24.6 Å². The molecule has 6 heteroatoms. The highest BCUT2D eigenvalue weighted by molar-refractivity contribution is 6.30. The fourth-order valence-electron chi connectivity index (χ4n) is 1.63. The van der Waals surface area contributed by atoms with Crippen LogP contribution in [-0.4, -0.2) is 30.1 Å². The van der Waals surface area contributed by atoms with Crippen LogP contribution in [0.4, 0.5) is 0 Å². The Balaban J connectivity index is 2.91. The van der Waals surface area contributed by atoms with Crippen LogP contribution in [0.25, 0.3) is 0 Å². The quantitative estimate of drug-likeness (QED) is 0.841. The molecular formula is C13H16ClNO4. The third kappa shape index (κ3) is 4.13. The number of hydrogen-bond donors (Lipinski definition) is 2. The van der Waals surface area contributed by atoms with E-state index in [0.29, 0.717) is 23.6 Å². The van der Waals surface area contributed by atoms with E-state index in [9.17, 15) is 9.59 Å². The molecule has 5 nitrogen and oxygen atoms in total. The molecule has 0 fully saturated rings. The number of nitrogens with one attached hydrogen (secondary N) is 1. The lowest BCUT2D eigenvalue weighted by molar-refractivity contribution is -0.139. The molecule has 0 aliphatic rings. The van der Waals surface area contributed by atoms with Crippen molar-refractivity contribution in [1.82, 2.24) is 5.32 Å². The Morgan fingerprint density at radius 2 is 2.16 bits per heavy atom. The number of methoxy groups -OCH3 is 1. The van der Waals surface area contributed by atoms with Crippen LogP contribution < -0.4 is 10.1 Å².